The van der Waals surface area contributed by atoms with Crippen LogP contribution in [0.25, 0.3) is 22.3 Å². The number of pyridine rings is 1. The molecule has 5 rings (SSSR count). The molecular formula is C32H42N6O6. The summed E-state index contributed by atoms with van der Waals surface area (Å²) in [5, 5.41) is 11.2. The number of imidazole rings is 1. The first-order valence-electron chi connectivity index (χ1n) is 14.9. The number of likely N-dealkylation sites (N-methyl/N-ethyl adjacent to an activating group) is 1. The van der Waals surface area contributed by atoms with Crippen LogP contribution in [0.5, 0.6) is 0 Å². The first-order chi connectivity index (χ1) is 20.5. The number of anilines is 1. The van der Waals surface area contributed by atoms with Gasteiger partial charge in [-0.25, -0.2) is 19.6 Å². The van der Waals surface area contributed by atoms with E-state index in [1.165, 1.54) is 14.7 Å². The number of hydrogen-bond donors (Lipinski definition) is 1. The van der Waals surface area contributed by atoms with Gasteiger partial charge in [0.25, 0.3) is 0 Å². The predicted molar refractivity (Wildman–Crippen MR) is 165 cm³/mol. The summed E-state index contributed by atoms with van der Waals surface area (Å²) >= 11 is 0. The minimum absolute atomic E-state index is 0.0191. The lowest BCUT2D eigenvalue weighted by molar-refractivity contribution is -0.136. The number of aliphatic hydroxyl groups excluding tert-OH is 1. The van der Waals surface area contributed by atoms with Gasteiger partial charge in [0.05, 0.1) is 35.4 Å². The van der Waals surface area contributed by atoms with E-state index < -0.39 is 41.6 Å². The van der Waals surface area contributed by atoms with Gasteiger partial charge in [-0.15, -0.1) is 0 Å². The summed E-state index contributed by atoms with van der Waals surface area (Å²) < 4.78 is 13.4. The molecule has 44 heavy (non-hydrogen) atoms. The highest BCUT2D eigenvalue weighted by molar-refractivity contribution is 5.94. The fourth-order valence-electron chi connectivity index (χ4n) is 5.87. The Morgan fingerprint density at radius 1 is 0.909 bits per heavy atom. The average Bonchev–Trinajstić information content (AvgIpc) is 3.47. The van der Waals surface area contributed by atoms with Crippen LogP contribution in [0.15, 0.2) is 36.4 Å². The highest BCUT2D eigenvalue weighted by Gasteiger charge is 2.47. The van der Waals surface area contributed by atoms with Crippen molar-refractivity contribution >= 4 is 34.9 Å². The molecule has 1 fully saturated rings. The van der Waals surface area contributed by atoms with Gasteiger partial charge in [0, 0.05) is 25.7 Å². The Hall–Kier alpha value is -4.19. The van der Waals surface area contributed by atoms with Gasteiger partial charge in [-0.2, -0.15) is 0 Å². The lowest BCUT2D eigenvalue weighted by atomic mass is 10.1. The number of β-amino-alcohol motifs (C(OH)–C–C–N with tert-alkyl or cyclic N) is 1. The standard InChI is InChI=1S/C32H42N6O6/c1-19-33-24-13-9-11-22-23-12-10-14-26(34-23)38(30(42)44-32(5,6)7)20-15-25(37(16-20)29(41)43-31(2,3)4)28(40)35(8)17-21(39)18-36(19)27(22)24/h9-14,20-21,25,39H,15-18H2,1-8H3/t20-,21-,25-/m0/s1. The Morgan fingerprint density at radius 2 is 1.57 bits per heavy atom. The van der Waals surface area contributed by atoms with Crippen molar-refractivity contribution in [2.45, 2.75) is 90.8 Å². The van der Waals surface area contributed by atoms with E-state index in [0.29, 0.717) is 17.3 Å². The maximum atomic E-state index is 14.0. The topological polar surface area (TPSA) is 130 Å². The van der Waals surface area contributed by atoms with Gasteiger partial charge in [0.1, 0.15) is 28.9 Å². The molecule has 4 bridgehead atoms. The van der Waals surface area contributed by atoms with E-state index in [1.54, 1.807) is 54.7 Å². The third-order valence-corrected chi connectivity index (χ3v) is 7.62. The molecule has 2 aliphatic heterocycles. The molecule has 3 amide bonds. The third kappa shape index (κ3) is 6.35. The lowest BCUT2D eigenvalue weighted by Gasteiger charge is -2.31. The first-order valence-corrected chi connectivity index (χ1v) is 14.9. The largest absolute Gasteiger partial charge is 0.444 e. The summed E-state index contributed by atoms with van der Waals surface area (Å²) in [5.41, 5.74) is 1.29. The SMILES string of the molecule is Cc1nc2cccc3c2n1C[C@@H](O)CN(C)C(=O)[C@@H]1C[C@@H](CN1C(=O)OC(C)(C)C)N(C(=O)OC(C)(C)C)c1cccc-3n1. The number of aryl methyl sites for hydroxylation is 1. The zero-order valence-electron chi connectivity index (χ0n) is 26.7. The first kappa shape index (κ1) is 31.2. The molecule has 3 aromatic rings. The number of likely N-dealkylation sites (tertiary alicyclic amines) is 1. The van der Waals surface area contributed by atoms with Gasteiger partial charge in [0.2, 0.25) is 5.91 Å². The second kappa shape index (κ2) is 11.4. The molecule has 0 spiro atoms. The van der Waals surface area contributed by atoms with Crippen molar-refractivity contribution in [3.63, 3.8) is 0 Å². The van der Waals surface area contributed by atoms with Gasteiger partial charge in [-0.3, -0.25) is 14.6 Å². The number of carbonyl (C=O) groups excluding carboxylic acids is 3. The summed E-state index contributed by atoms with van der Waals surface area (Å²) in [4.78, 5) is 55.2. The van der Waals surface area contributed by atoms with Gasteiger partial charge < -0.3 is 24.0 Å². The molecule has 236 valence electrons. The third-order valence-electron chi connectivity index (χ3n) is 7.62. The van der Waals surface area contributed by atoms with E-state index in [0.717, 1.165) is 16.6 Å². The Morgan fingerprint density at radius 3 is 2.25 bits per heavy atom. The normalized spacial score (nSPS) is 21.2. The number of aromatic nitrogens is 3. The second-order valence-electron chi connectivity index (χ2n) is 13.6. The highest BCUT2D eigenvalue weighted by Crippen LogP contribution is 2.34. The van der Waals surface area contributed by atoms with E-state index >= 15 is 0 Å². The van der Waals surface area contributed by atoms with Crippen LogP contribution >= 0.6 is 0 Å². The van der Waals surface area contributed by atoms with Crippen LogP contribution < -0.4 is 4.90 Å². The fourth-order valence-corrected chi connectivity index (χ4v) is 5.87. The Balaban J connectivity index is 1.69. The van der Waals surface area contributed by atoms with Crippen LogP contribution in [0.2, 0.25) is 0 Å². The van der Waals surface area contributed by atoms with E-state index in [9.17, 15) is 19.5 Å². The summed E-state index contributed by atoms with van der Waals surface area (Å²) in [6.07, 6.45) is -2.10. The molecule has 1 N–H and O–H groups in total. The van der Waals surface area contributed by atoms with Crippen LogP contribution in [0.4, 0.5) is 15.4 Å². The number of amides is 3. The molecule has 12 heteroatoms. The van der Waals surface area contributed by atoms with E-state index in [2.05, 4.69) is 0 Å². The number of fused-ring (bicyclic) bond motifs is 5. The number of carbonyl (C=O) groups is 3. The molecule has 0 aliphatic carbocycles. The van der Waals surface area contributed by atoms with Crippen molar-refractivity contribution in [1.29, 1.82) is 0 Å². The maximum absolute atomic E-state index is 14.0. The molecule has 1 saturated heterocycles. The number of nitrogens with zero attached hydrogens (tertiary/aromatic N) is 6. The summed E-state index contributed by atoms with van der Waals surface area (Å²) in [7, 11) is 1.60. The number of para-hydroxylation sites is 1. The predicted octanol–water partition coefficient (Wildman–Crippen LogP) is 4.36. The van der Waals surface area contributed by atoms with Crippen molar-refractivity contribution in [1.82, 2.24) is 24.3 Å². The fraction of sp³-hybridized carbons (Fsp3) is 0.531. The Bertz CT molecular complexity index is 1590. The Kier molecular flexibility index (Phi) is 8.08. The second-order valence-corrected chi connectivity index (χ2v) is 13.6. The minimum atomic E-state index is -0.941. The zero-order chi connectivity index (χ0) is 32.1. The van der Waals surface area contributed by atoms with Gasteiger partial charge in [-0.05, 0) is 73.1 Å². The van der Waals surface area contributed by atoms with Crippen LogP contribution in [0, 0.1) is 6.92 Å². The van der Waals surface area contributed by atoms with Gasteiger partial charge in [-0.1, -0.05) is 18.2 Å². The van der Waals surface area contributed by atoms with Crippen molar-refractivity contribution in [2.24, 2.45) is 0 Å². The molecule has 0 unspecified atom stereocenters. The summed E-state index contributed by atoms with van der Waals surface area (Å²) in [5.74, 6) is 0.652. The van der Waals surface area contributed by atoms with Crippen molar-refractivity contribution in [3.8, 4) is 11.3 Å². The van der Waals surface area contributed by atoms with Crippen molar-refractivity contribution in [3.05, 3.63) is 42.2 Å². The summed E-state index contributed by atoms with van der Waals surface area (Å²) in [6.45, 7) is 12.7. The van der Waals surface area contributed by atoms with E-state index in [1.807, 2.05) is 41.8 Å². The van der Waals surface area contributed by atoms with Crippen molar-refractivity contribution in [2.75, 3.05) is 25.0 Å². The zero-order valence-corrected chi connectivity index (χ0v) is 26.7. The molecular weight excluding hydrogens is 564 g/mol. The molecule has 12 nitrogen and oxygen atoms in total. The molecule has 0 radical (unpaired) electrons. The average molecular weight is 607 g/mol. The number of aliphatic hydroxyl groups is 1. The number of benzene rings is 1. The van der Waals surface area contributed by atoms with E-state index in [-0.39, 0.29) is 32.0 Å². The minimum Gasteiger partial charge on any atom is -0.444 e. The number of hydrogen-bond acceptors (Lipinski definition) is 8. The van der Waals surface area contributed by atoms with Crippen LogP contribution in [-0.2, 0) is 20.8 Å². The van der Waals surface area contributed by atoms with Gasteiger partial charge in [0.15, 0.2) is 0 Å². The van der Waals surface area contributed by atoms with Gasteiger partial charge >= 0.3 is 12.2 Å². The molecule has 2 aromatic heterocycles. The Labute approximate surface area is 257 Å². The van der Waals surface area contributed by atoms with Crippen LogP contribution in [-0.4, -0.2) is 97.1 Å². The maximum Gasteiger partial charge on any atom is 0.416 e. The lowest BCUT2D eigenvalue weighted by Crippen LogP contribution is -2.49. The monoisotopic (exact) mass is 606 g/mol. The molecule has 2 aliphatic rings. The van der Waals surface area contributed by atoms with Crippen LogP contribution in [0.3, 0.4) is 0 Å². The molecule has 4 heterocycles. The molecule has 1 aromatic carbocycles. The smallest absolute Gasteiger partial charge is 0.416 e. The number of ether oxygens (including phenoxy) is 2. The molecule has 3 atom stereocenters. The van der Waals surface area contributed by atoms with Crippen LogP contribution in [0.1, 0.15) is 53.8 Å². The summed E-state index contributed by atoms with van der Waals surface area (Å²) in [6, 6.07) is 9.52. The highest BCUT2D eigenvalue weighted by atomic mass is 16.6. The molecule has 0 saturated carbocycles. The van der Waals surface area contributed by atoms with Crippen molar-refractivity contribution < 1.29 is 29.0 Å². The number of rotatable bonds is 0. The quantitative estimate of drug-likeness (QED) is 0.400. The van der Waals surface area contributed by atoms with E-state index in [4.69, 9.17) is 19.4 Å².